The summed E-state index contributed by atoms with van der Waals surface area (Å²) in [4.78, 5) is 18.8. The molecule has 0 bridgehead atoms. The topological polar surface area (TPSA) is 107 Å². The largest absolute Gasteiger partial charge is 0.296 e. The van der Waals surface area contributed by atoms with Crippen LogP contribution >= 0.6 is 11.3 Å². The van der Waals surface area contributed by atoms with E-state index >= 15 is 0 Å². The fourth-order valence-electron chi connectivity index (χ4n) is 3.07. The van der Waals surface area contributed by atoms with Crippen LogP contribution in [-0.2, 0) is 9.84 Å². The third-order valence-corrected chi connectivity index (χ3v) is 6.62. The average molecular weight is 442 g/mol. The van der Waals surface area contributed by atoms with Gasteiger partial charge in [-0.1, -0.05) is 29.0 Å². The second-order valence-corrected chi connectivity index (χ2v) is 10.1. The van der Waals surface area contributed by atoms with E-state index in [1.165, 1.54) is 22.2 Å². The van der Waals surface area contributed by atoms with E-state index in [0.717, 1.165) is 23.1 Å². The Bertz CT molecular complexity index is 1400. The fraction of sp³-hybridized carbons (Fsp3) is 0.200. The van der Waals surface area contributed by atoms with E-state index in [-0.39, 0.29) is 10.6 Å². The first kappa shape index (κ1) is 20.2. The number of carbonyl (C=O) groups excluding carboxylic acids is 1. The number of rotatable bonds is 4. The first-order valence-corrected chi connectivity index (χ1v) is 11.8. The van der Waals surface area contributed by atoms with E-state index in [1.54, 1.807) is 19.1 Å². The summed E-state index contributed by atoms with van der Waals surface area (Å²) in [6, 6.07) is 10.6. The summed E-state index contributed by atoms with van der Waals surface area (Å²) in [6.45, 7) is 5.69. The number of anilines is 1. The molecule has 0 spiro atoms. The molecule has 2 aromatic carbocycles. The van der Waals surface area contributed by atoms with E-state index in [1.807, 2.05) is 32.0 Å². The molecular formula is C20H19N5O3S2. The molecule has 0 unspecified atom stereocenters. The number of nitrogens with one attached hydrogen (secondary N) is 1. The lowest BCUT2D eigenvalue weighted by Gasteiger charge is -2.04. The molecule has 10 heteroatoms. The molecule has 0 saturated heterocycles. The molecule has 0 saturated carbocycles. The summed E-state index contributed by atoms with van der Waals surface area (Å²) in [7, 11) is -3.32. The zero-order valence-electron chi connectivity index (χ0n) is 16.8. The molecule has 30 heavy (non-hydrogen) atoms. The Morgan fingerprint density at radius 1 is 1.07 bits per heavy atom. The van der Waals surface area contributed by atoms with Gasteiger partial charge in [0.05, 0.1) is 26.5 Å². The van der Waals surface area contributed by atoms with Crippen LogP contribution in [0, 0.1) is 20.8 Å². The summed E-state index contributed by atoms with van der Waals surface area (Å²) >= 11 is 1.20. The highest BCUT2D eigenvalue weighted by molar-refractivity contribution is 7.90. The van der Waals surface area contributed by atoms with Gasteiger partial charge in [0.1, 0.15) is 0 Å². The number of carbonyl (C=O) groups is 1. The van der Waals surface area contributed by atoms with Crippen molar-refractivity contribution in [3.8, 4) is 5.69 Å². The van der Waals surface area contributed by atoms with Gasteiger partial charge in [0.2, 0.25) is 0 Å². The molecule has 2 aromatic heterocycles. The van der Waals surface area contributed by atoms with Crippen LogP contribution in [0.5, 0.6) is 0 Å². The number of hydrogen-bond donors (Lipinski definition) is 1. The highest BCUT2D eigenvalue weighted by Crippen LogP contribution is 2.28. The average Bonchev–Trinajstić information content (AvgIpc) is 3.23. The number of aromatic nitrogens is 4. The van der Waals surface area contributed by atoms with Crippen LogP contribution in [0.4, 0.5) is 5.13 Å². The molecule has 8 nitrogen and oxygen atoms in total. The monoisotopic (exact) mass is 441 g/mol. The number of thiazole rings is 1. The Balaban J connectivity index is 1.62. The minimum Gasteiger partial charge on any atom is -0.296 e. The number of sulfone groups is 1. The first-order chi connectivity index (χ1) is 14.1. The molecule has 0 radical (unpaired) electrons. The Labute approximate surface area is 177 Å². The maximum atomic E-state index is 12.8. The smallest absolute Gasteiger partial charge is 0.279 e. The van der Waals surface area contributed by atoms with E-state index in [2.05, 4.69) is 20.5 Å². The minimum atomic E-state index is -3.32. The van der Waals surface area contributed by atoms with Crippen molar-refractivity contribution in [2.75, 3.05) is 11.6 Å². The van der Waals surface area contributed by atoms with Crippen LogP contribution in [0.1, 0.15) is 27.3 Å². The number of hydrogen-bond acceptors (Lipinski definition) is 7. The maximum Gasteiger partial charge on any atom is 0.279 e. The van der Waals surface area contributed by atoms with Gasteiger partial charge in [-0.15, -0.1) is 5.10 Å². The molecule has 1 amide bonds. The Morgan fingerprint density at radius 2 is 1.83 bits per heavy atom. The molecule has 4 aromatic rings. The molecule has 2 heterocycles. The summed E-state index contributed by atoms with van der Waals surface area (Å²) in [5, 5.41) is 11.8. The van der Waals surface area contributed by atoms with Crippen LogP contribution < -0.4 is 5.32 Å². The van der Waals surface area contributed by atoms with Gasteiger partial charge in [0.25, 0.3) is 5.91 Å². The van der Waals surface area contributed by atoms with Crippen molar-refractivity contribution in [1.29, 1.82) is 0 Å². The quantitative estimate of drug-likeness (QED) is 0.520. The second kappa shape index (κ2) is 7.29. The van der Waals surface area contributed by atoms with Crippen LogP contribution in [0.15, 0.2) is 41.3 Å². The Kier molecular flexibility index (Phi) is 4.91. The first-order valence-electron chi connectivity index (χ1n) is 9.05. The Hall–Kier alpha value is -3.11. The normalized spacial score (nSPS) is 11.7. The van der Waals surface area contributed by atoms with Crippen molar-refractivity contribution in [3.05, 3.63) is 58.9 Å². The second-order valence-electron chi connectivity index (χ2n) is 7.09. The number of fused-ring (bicyclic) bond motifs is 1. The van der Waals surface area contributed by atoms with Crippen LogP contribution in [0.2, 0.25) is 0 Å². The predicted molar refractivity (Wildman–Crippen MR) is 116 cm³/mol. The molecule has 154 valence electrons. The highest BCUT2D eigenvalue weighted by atomic mass is 32.2. The van der Waals surface area contributed by atoms with E-state index in [4.69, 9.17) is 0 Å². The number of nitrogens with zero attached hydrogens (tertiary/aromatic N) is 4. The van der Waals surface area contributed by atoms with Crippen molar-refractivity contribution in [3.63, 3.8) is 0 Å². The van der Waals surface area contributed by atoms with E-state index < -0.39 is 15.7 Å². The van der Waals surface area contributed by atoms with Gasteiger partial charge in [-0.2, -0.15) is 9.90 Å². The van der Waals surface area contributed by atoms with Gasteiger partial charge in [0, 0.05) is 6.26 Å². The molecule has 4 rings (SSSR count). The lowest BCUT2D eigenvalue weighted by molar-refractivity contribution is 0.102. The summed E-state index contributed by atoms with van der Waals surface area (Å²) < 4.78 is 24.2. The van der Waals surface area contributed by atoms with Crippen molar-refractivity contribution >= 4 is 42.4 Å². The summed E-state index contributed by atoms with van der Waals surface area (Å²) in [5.41, 5.74) is 4.24. The molecule has 0 fully saturated rings. The molecule has 0 aliphatic carbocycles. The zero-order valence-corrected chi connectivity index (χ0v) is 18.4. The number of amides is 1. The summed E-state index contributed by atoms with van der Waals surface area (Å²) in [5.74, 6) is -0.425. The van der Waals surface area contributed by atoms with Crippen LogP contribution in [0.25, 0.3) is 15.9 Å². The van der Waals surface area contributed by atoms with Gasteiger partial charge >= 0.3 is 0 Å². The fourth-order valence-corrected chi connectivity index (χ4v) is 4.69. The van der Waals surface area contributed by atoms with Gasteiger partial charge in [-0.05, 0) is 50.6 Å². The zero-order chi connectivity index (χ0) is 21.6. The molecule has 1 N–H and O–H groups in total. The van der Waals surface area contributed by atoms with Gasteiger partial charge < -0.3 is 0 Å². The highest BCUT2D eigenvalue weighted by Gasteiger charge is 2.19. The molecule has 0 atom stereocenters. The third-order valence-electron chi connectivity index (χ3n) is 4.57. The maximum absolute atomic E-state index is 12.8. The molecule has 0 aliphatic heterocycles. The molecular weight excluding hydrogens is 422 g/mol. The third kappa shape index (κ3) is 3.83. The van der Waals surface area contributed by atoms with Crippen molar-refractivity contribution in [2.24, 2.45) is 0 Å². The van der Waals surface area contributed by atoms with Gasteiger partial charge in [-0.3, -0.25) is 10.1 Å². The van der Waals surface area contributed by atoms with Crippen molar-refractivity contribution < 1.29 is 13.2 Å². The van der Waals surface area contributed by atoms with E-state index in [0.29, 0.717) is 21.0 Å². The SMILES string of the molecule is Cc1ccc(-n2nc(C)c(C(=O)Nc3nc4ccc(S(C)(=O)=O)cc4s3)n2)c(C)c1. The van der Waals surface area contributed by atoms with Crippen molar-refractivity contribution in [1.82, 2.24) is 20.0 Å². The summed E-state index contributed by atoms with van der Waals surface area (Å²) in [6.07, 6.45) is 1.15. The standard InChI is InChI=1S/C20H19N5O3S2/c1-11-5-8-16(12(2)9-11)25-23-13(3)18(24-25)19(26)22-20-21-15-7-6-14(30(4,27)28)10-17(15)29-20/h5-10H,1-4H3,(H,21,22,26). The lowest BCUT2D eigenvalue weighted by Crippen LogP contribution is -2.14. The van der Waals surface area contributed by atoms with Gasteiger partial charge in [0.15, 0.2) is 20.7 Å². The van der Waals surface area contributed by atoms with Crippen LogP contribution in [-0.4, -0.2) is 40.6 Å². The Morgan fingerprint density at radius 3 is 2.53 bits per heavy atom. The minimum absolute atomic E-state index is 0.200. The number of benzene rings is 2. The lowest BCUT2D eigenvalue weighted by atomic mass is 10.1. The van der Waals surface area contributed by atoms with Gasteiger partial charge in [-0.25, -0.2) is 13.4 Å². The van der Waals surface area contributed by atoms with Crippen molar-refractivity contribution in [2.45, 2.75) is 25.7 Å². The molecule has 0 aliphatic rings. The predicted octanol–water partition coefficient (Wildman–Crippen LogP) is 3.46. The van der Waals surface area contributed by atoms with E-state index in [9.17, 15) is 13.2 Å². The number of aryl methyl sites for hydroxylation is 3. The van der Waals surface area contributed by atoms with Crippen LogP contribution in [0.3, 0.4) is 0 Å².